The largest absolute Gasteiger partial charge is 0.478 e. The van der Waals surface area contributed by atoms with Crippen LogP contribution in [0.15, 0.2) is 30.5 Å². The van der Waals surface area contributed by atoms with Crippen molar-refractivity contribution in [2.45, 2.75) is 6.54 Å². The number of carbonyl (C=O) groups is 1. The van der Waals surface area contributed by atoms with E-state index in [-0.39, 0.29) is 6.79 Å². The van der Waals surface area contributed by atoms with Gasteiger partial charge in [0.2, 0.25) is 6.79 Å². The molecule has 0 fully saturated rings. The first kappa shape index (κ1) is 10.4. The molecule has 2 rings (SSSR count). The standard InChI is InChI=1S/C11H11NO4/c13-11(14)3-4-12-6-8-1-2-9-10(5-8)16-7-15-9/h1-5,12H,6-7H2,(H,13,14)/b4-3+. The van der Waals surface area contributed by atoms with Crippen LogP contribution in [0.5, 0.6) is 11.5 Å². The van der Waals surface area contributed by atoms with Gasteiger partial charge in [-0.05, 0) is 17.7 Å². The molecule has 1 aliphatic heterocycles. The molecule has 1 aromatic carbocycles. The second-order valence-corrected chi connectivity index (χ2v) is 3.24. The van der Waals surface area contributed by atoms with Crippen LogP contribution < -0.4 is 14.8 Å². The van der Waals surface area contributed by atoms with Gasteiger partial charge in [0.15, 0.2) is 11.5 Å². The van der Waals surface area contributed by atoms with E-state index in [1.165, 1.54) is 6.20 Å². The van der Waals surface area contributed by atoms with Crippen molar-refractivity contribution in [1.82, 2.24) is 5.32 Å². The van der Waals surface area contributed by atoms with E-state index in [9.17, 15) is 4.79 Å². The fourth-order valence-electron chi connectivity index (χ4n) is 1.36. The van der Waals surface area contributed by atoms with Crippen molar-refractivity contribution in [1.29, 1.82) is 0 Å². The second kappa shape index (κ2) is 4.57. The summed E-state index contributed by atoms with van der Waals surface area (Å²) in [6.45, 7) is 0.797. The Bertz CT molecular complexity index is 428. The predicted molar refractivity (Wildman–Crippen MR) is 56.2 cm³/mol. The topological polar surface area (TPSA) is 67.8 Å². The van der Waals surface area contributed by atoms with E-state index in [0.717, 1.165) is 23.1 Å². The third kappa shape index (κ3) is 2.44. The summed E-state index contributed by atoms with van der Waals surface area (Å²) in [6, 6.07) is 5.60. The first-order valence-corrected chi connectivity index (χ1v) is 4.77. The van der Waals surface area contributed by atoms with E-state index >= 15 is 0 Å². The molecule has 0 unspecified atom stereocenters. The summed E-state index contributed by atoms with van der Waals surface area (Å²) in [4.78, 5) is 10.2. The number of hydrogen-bond donors (Lipinski definition) is 2. The molecule has 1 heterocycles. The van der Waals surface area contributed by atoms with Crippen LogP contribution >= 0.6 is 0 Å². The third-order valence-corrected chi connectivity index (χ3v) is 2.09. The Balaban J connectivity index is 1.93. The Kier molecular flexibility index (Phi) is 2.95. The molecule has 16 heavy (non-hydrogen) atoms. The summed E-state index contributed by atoms with van der Waals surface area (Å²) >= 11 is 0. The second-order valence-electron chi connectivity index (χ2n) is 3.24. The maximum Gasteiger partial charge on any atom is 0.329 e. The summed E-state index contributed by atoms with van der Waals surface area (Å²) in [5.74, 6) is 0.490. The van der Waals surface area contributed by atoms with E-state index in [4.69, 9.17) is 14.6 Å². The van der Waals surface area contributed by atoms with Gasteiger partial charge in [-0.25, -0.2) is 4.79 Å². The lowest BCUT2D eigenvalue weighted by Crippen LogP contribution is -2.05. The van der Waals surface area contributed by atoms with Crippen LogP contribution in [0.2, 0.25) is 0 Å². The quantitative estimate of drug-likeness (QED) is 0.745. The lowest BCUT2D eigenvalue weighted by atomic mass is 10.2. The van der Waals surface area contributed by atoms with E-state index < -0.39 is 5.97 Å². The molecule has 2 N–H and O–H groups in total. The highest BCUT2D eigenvalue weighted by Crippen LogP contribution is 2.32. The molecular weight excluding hydrogens is 210 g/mol. The van der Waals surface area contributed by atoms with Crippen LogP contribution in [0.25, 0.3) is 0 Å². The number of carboxylic acid groups (broad SMARTS) is 1. The molecule has 0 aromatic heterocycles. The molecule has 1 aromatic rings. The molecule has 1 aliphatic rings. The van der Waals surface area contributed by atoms with Crippen LogP contribution in [0, 0.1) is 0 Å². The van der Waals surface area contributed by atoms with E-state index in [1.54, 1.807) is 0 Å². The molecule has 0 amide bonds. The number of fused-ring (bicyclic) bond motifs is 1. The lowest BCUT2D eigenvalue weighted by Gasteiger charge is -2.02. The number of benzene rings is 1. The normalized spacial score (nSPS) is 13.0. The highest BCUT2D eigenvalue weighted by molar-refractivity contribution is 5.79. The Morgan fingerprint density at radius 3 is 3.06 bits per heavy atom. The average Bonchev–Trinajstić information content (AvgIpc) is 2.71. The van der Waals surface area contributed by atoms with E-state index in [1.807, 2.05) is 18.2 Å². The molecule has 0 spiro atoms. The fraction of sp³-hybridized carbons (Fsp3) is 0.182. The molecule has 0 saturated heterocycles. The molecule has 5 nitrogen and oxygen atoms in total. The summed E-state index contributed by atoms with van der Waals surface area (Å²) in [5, 5.41) is 11.2. The van der Waals surface area contributed by atoms with Crippen molar-refractivity contribution < 1.29 is 19.4 Å². The van der Waals surface area contributed by atoms with Crippen molar-refractivity contribution >= 4 is 5.97 Å². The van der Waals surface area contributed by atoms with Gasteiger partial charge in [-0.3, -0.25) is 0 Å². The van der Waals surface area contributed by atoms with E-state index in [0.29, 0.717) is 6.54 Å². The first-order chi connectivity index (χ1) is 7.75. The lowest BCUT2D eigenvalue weighted by molar-refractivity contribution is -0.131. The van der Waals surface area contributed by atoms with Gasteiger partial charge >= 0.3 is 5.97 Å². The molecule has 0 atom stereocenters. The molecule has 0 aliphatic carbocycles. The number of hydrogen-bond acceptors (Lipinski definition) is 4. The van der Waals surface area contributed by atoms with Crippen molar-refractivity contribution in [3.8, 4) is 11.5 Å². The van der Waals surface area contributed by atoms with Gasteiger partial charge in [0.25, 0.3) is 0 Å². The number of rotatable bonds is 4. The van der Waals surface area contributed by atoms with Crippen molar-refractivity contribution in [3.63, 3.8) is 0 Å². The minimum atomic E-state index is -0.974. The van der Waals surface area contributed by atoms with Gasteiger partial charge in [-0.2, -0.15) is 0 Å². The van der Waals surface area contributed by atoms with E-state index in [2.05, 4.69) is 5.32 Å². The molecule has 0 saturated carbocycles. The Morgan fingerprint density at radius 1 is 1.44 bits per heavy atom. The predicted octanol–water partition coefficient (Wildman–Crippen LogP) is 1.10. The molecule has 0 bridgehead atoms. The summed E-state index contributed by atoms with van der Waals surface area (Å²) in [7, 11) is 0. The summed E-state index contributed by atoms with van der Waals surface area (Å²) in [5.41, 5.74) is 0.999. The maximum absolute atomic E-state index is 10.2. The zero-order valence-corrected chi connectivity index (χ0v) is 8.47. The van der Waals surface area contributed by atoms with Gasteiger partial charge in [0.1, 0.15) is 0 Å². The van der Waals surface area contributed by atoms with Gasteiger partial charge in [0, 0.05) is 18.8 Å². The highest BCUT2D eigenvalue weighted by Gasteiger charge is 2.12. The van der Waals surface area contributed by atoms with Crippen molar-refractivity contribution in [3.05, 3.63) is 36.0 Å². The highest BCUT2D eigenvalue weighted by atomic mass is 16.7. The number of nitrogens with one attached hydrogen (secondary N) is 1. The summed E-state index contributed by atoms with van der Waals surface area (Å²) < 4.78 is 10.4. The first-order valence-electron chi connectivity index (χ1n) is 4.77. The SMILES string of the molecule is O=C(O)/C=C/NCc1ccc2c(c1)OCO2. The Morgan fingerprint density at radius 2 is 2.25 bits per heavy atom. The minimum Gasteiger partial charge on any atom is -0.478 e. The zero-order chi connectivity index (χ0) is 11.4. The minimum absolute atomic E-state index is 0.255. The fourth-order valence-corrected chi connectivity index (χ4v) is 1.36. The number of aliphatic carboxylic acids is 1. The Labute approximate surface area is 92.3 Å². The third-order valence-electron chi connectivity index (χ3n) is 2.09. The smallest absolute Gasteiger partial charge is 0.329 e. The summed E-state index contributed by atoms with van der Waals surface area (Å²) in [6.07, 6.45) is 2.44. The molecule has 0 radical (unpaired) electrons. The Hall–Kier alpha value is -2.17. The van der Waals surface area contributed by atoms with Crippen LogP contribution in [0.3, 0.4) is 0 Å². The van der Waals surface area contributed by atoms with Crippen LogP contribution in [0.4, 0.5) is 0 Å². The van der Waals surface area contributed by atoms with Crippen molar-refractivity contribution in [2.75, 3.05) is 6.79 Å². The zero-order valence-electron chi connectivity index (χ0n) is 8.47. The number of carboxylic acids is 1. The van der Waals surface area contributed by atoms with Gasteiger partial charge in [0.05, 0.1) is 0 Å². The monoisotopic (exact) mass is 221 g/mol. The van der Waals surface area contributed by atoms with Gasteiger partial charge in [-0.1, -0.05) is 6.07 Å². The maximum atomic E-state index is 10.2. The molecule has 84 valence electrons. The van der Waals surface area contributed by atoms with Crippen molar-refractivity contribution in [2.24, 2.45) is 0 Å². The molecule has 5 heteroatoms. The van der Waals surface area contributed by atoms with Gasteiger partial charge in [-0.15, -0.1) is 0 Å². The van der Waals surface area contributed by atoms with Crippen LogP contribution in [-0.4, -0.2) is 17.9 Å². The number of ether oxygens (including phenoxy) is 2. The van der Waals surface area contributed by atoms with Crippen LogP contribution in [-0.2, 0) is 11.3 Å². The average molecular weight is 221 g/mol. The van der Waals surface area contributed by atoms with Crippen LogP contribution in [0.1, 0.15) is 5.56 Å². The van der Waals surface area contributed by atoms with Gasteiger partial charge < -0.3 is 19.9 Å². The molecular formula is C11H11NO4.